The van der Waals surface area contributed by atoms with Crippen LogP contribution in [0.4, 0.5) is 0 Å². The van der Waals surface area contributed by atoms with Gasteiger partial charge in [0.05, 0.1) is 6.10 Å². The van der Waals surface area contributed by atoms with Crippen LogP contribution in [0.2, 0.25) is 0 Å². The van der Waals surface area contributed by atoms with Crippen LogP contribution < -0.4 is 0 Å². The molecule has 0 aliphatic carbocycles. The number of aliphatic hydroxyl groups excluding tert-OH is 1. The minimum absolute atomic E-state index is 0.0764. The highest BCUT2D eigenvalue weighted by Crippen LogP contribution is 2.07. The molecule has 0 aliphatic heterocycles. The summed E-state index contributed by atoms with van der Waals surface area (Å²) in [5.74, 6) is -2.68. The number of hydrogen-bond donors (Lipinski definition) is 4. The van der Waals surface area contributed by atoms with Crippen LogP contribution >= 0.6 is 0 Å². The topological polar surface area (TPSA) is 80.9 Å². The van der Waals surface area contributed by atoms with Gasteiger partial charge in [-0.3, -0.25) is 0 Å². The summed E-state index contributed by atoms with van der Waals surface area (Å²) in [7, 11) is 0. The van der Waals surface area contributed by atoms with Crippen molar-refractivity contribution in [2.45, 2.75) is 24.9 Å². The molecule has 0 amide bonds. The lowest BCUT2D eigenvalue weighted by Gasteiger charge is -2.14. The first-order valence-corrected chi connectivity index (χ1v) is 2.93. The first kappa shape index (κ1) is 9.58. The maximum atomic E-state index is 8.77. The van der Waals surface area contributed by atoms with Crippen molar-refractivity contribution in [1.82, 2.24) is 0 Å². The zero-order valence-electron chi connectivity index (χ0n) is 5.56. The van der Waals surface area contributed by atoms with E-state index >= 15 is 0 Å². The predicted molar refractivity (Wildman–Crippen MR) is 34.8 cm³/mol. The molecule has 4 N–H and O–H groups in total. The van der Waals surface area contributed by atoms with Crippen molar-refractivity contribution >= 4 is 0 Å². The molecule has 60 valence electrons. The molecule has 0 radical (unpaired) electrons. The van der Waals surface area contributed by atoms with E-state index in [1.54, 1.807) is 0 Å². The van der Waals surface area contributed by atoms with Crippen molar-refractivity contribution in [2.24, 2.45) is 0 Å². The second-order valence-electron chi connectivity index (χ2n) is 2.12. The van der Waals surface area contributed by atoms with Gasteiger partial charge in [0.2, 0.25) is 0 Å². The lowest BCUT2D eigenvalue weighted by Crippen LogP contribution is -2.28. The van der Waals surface area contributed by atoms with Crippen LogP contribution in [0.25, 0.3) is 0 Å². The molecule has 10 heavy (non-hydrogen) atoms. The Morgan fingerprint density at radius 1 is 1.40 bits per heavy atom. The van der Waals surface area contributed by atoms with Gasteiger partial charge in [0, 0.05) is 6.42 Å². The molecule has 0 aromatic heterocycles. The molecule has 0 fully saturated rings. The predicted octanol–water partition coefficient (Wildman–Crippen LogP) is -1.06. The first-order valence-electron chi connectivity index (χ1n) is 2.93. The quantitative estimate of drug-likeness (QED) is 0.303. The van der Waals surface area contributed by atoms with Crippen molar-refractivity contribution in [3.63, 3.8) is 0 Å². The monoisotopic (exact) mass is 148 g/mol. The smallest absolute Gasteiger partial charge is 0.275 e. The van der Waals surface area contributed by atoms with Gasteiger partial charge in [-0.2, -0.15) is 0 Å². The molecular weight excluding hydrogens is 136 g/mol. The van der Waals surface area contributed by atoms with Crippen LogP contribution in [0.3, 0.4) is 0 Å². The summed E-state index contributed by atoms with van der Waals surface area (Å²) >= 11 is 0. The molecule has 0 saturated heterocycles. The van der Waals surface area contributed by atoms with E-state index in [4.69, 9.17) is 20.4 Å². The Bertz CT molecular complexity index is 105. The number of rotatable bonds is 4. The average molecular weight is 148 g/mol. The number of hydrogen-bond acceptors (Lipinski definition) is 4. The summed E-state index contributed by atoms with van der Waals surface area (Å²) < 4.78 is 0. The van der Waals surface area contributed by atoms with Gasteiger partial charge in [-0.25, -0.2) is 0 Å². The Balaban J connectivity index is 3.45. The third kappa shape index (κ3) is 5.71. The molecule has 4 nitrogen and oxygen atoms in total. The van der Waals surface area contributed by atoms with Crippen molar-refractivity contribution < 1.29 is 20.4 Å². The summed E-state index contributed by atoms with van der Waals surface area (Å²) in [6, 6.07) is 0. The van der Waals surface area contributed by atoms with Crippen molar-refractivity contribution in [3.8, 4) is 0 Å². The van der Waals surface area contributed by atoms with Crippen molar-refractivity contribution in [1.29, 1.82) is 0 Å². The van der Waals surface area contributed by atoms with Crippen LogP contribution in [0.15, 0.2) is 12.7 Å². The molecular formula is C6H12O4. The fraction of sp³-hybridized carbons (Fsp3) is 0.667. The van der Waals surface area contributed by atoms with E-state index in [9.17, 15) is 0 Å². The first-order chi connectivity index (χ1) is 4.45. The van der Waals surface area contributed by atoms with Gasteiger partial charge in [-0.05, 0) is 6.42 Å². The van der Waals surface area contributed by atoms with Gasteiger partial charge in [-0.1, -0.05) is 6.08 Å². The summed E-state index contributed by atoms with van der Waals surface area (Å²) in [5, 5.41) is 33.8. The molecule has 0 aromatic rings. The molecule has 1 atom stereocenters. The van der Waals surface area contributed by atoms with Gasteiger partial charge < -0.3 is 20.4 Å². The Morgan fingerprint density at radius 2 is 1.90 bits per heavy atom. The van der Waals surface area contributed by atoms with Crippen LogP contribution in [-0.4, -0.2) is 32.5 Å². The van der Waals surface area contributed by atoms with E-state index in [-0.39, 0.29) is 12.8 Å². The van der Waals surface area contributed by atoms with Crippen LogP contribution in [-0.2, 0) is 0 Å². The van der Waals surface area contributed by atoms with Gasteiger partial charge in [0.15, 0.2) is 0 Å². The third-order valence-electron chi connectivity index (χ3n) is 1.05. The molecule has 0 saturated carbocycles. The summed E-state index contributed by atoms with van der Waals surface area (Å²) in [4.78, 5) is 0. The average Bonchev–Trinajstić information content (AvgIpc) is 1.81. The van der Waals surface area contributed by atoms with Gasteiger partial charge in [0.1, 0.15) is 0 Å². The Morgan fingerprint density at radius 3 is 2.20 bits per heavy atom. The fourth-order valence-electron chi connectivity index (χ4n) is 0.459. The van der Waals surface area contributed by atoms with Crippen molar-refractivity contribution in [2.75, 3.05) is 0 Å². The third-order valence-corrected chi connectivity index (χ3v) is 1.05. The number of aliphatic hydroxyl groups is 4. The maximum Gasteiger partial charge on any atom is 0.275 e. The second kappa shape index (κ2) is 3.68. The lowest BCUT2D eigenvalue weighted by molar-refractivity contribution is -0.316. The molecule has 0 heterocycles. The summed E-state index contributed by atoms with van der Waals surface area (Å²) in [5.41, 5.74) is 0. The highest BCUT2D eigenvalue weighted by Gasteiger charge is 2.18. The SMILES string of the molecule is C=CC(O)CCC(O)(O)O. The normalized spacial score (nSPS) is 14.8. The van der Waals surface area contributed by atoms with Gasteiger partial charge in [-0.15, -0.1) is 6.58 Å². The molecule has 0 spiro atoms. The van der Waals surface area contributed by atoms with E-state index in [1.807, 2.05) is 0 Å². The van der Waals surface area contributed by atoms with E-state index in [0.29, 0.717) is 0 Å². The second-order valence-corrected chi connectivity index (χ2v) is 2.12. The van der Waals surface area contributed by atoms with Crippen LogP contribution in [0.1, 0.15) is 12.8 Å². The maximum absolute atomic E-state index is 8.77. The fourth-order valence-corrected chi connectivity index (χ4v) is 0.459. The zero-order chi connectivity index (χ0) is 8.20. The Hall–Kier alpha value is -0.420. The largest absolute Gasteiger partial charge is 0.389 e. The van der Waals surface area contributed by atoms with Crippen LogP contribution in [0.5, 0.6) is 0 Å². The molecule has 0 bridgehead atoms. The highest BCUT2D eigenvalue weighted by molar-refractivity contribution is 4.78. The molecule has 0 aromatic carbocycles. The van der Waals surface area contributed by atoms with Gasteiger partial charge in [0.25, 0.3) is 5.97 Å². The minimum Gasteiger partial charge on any atom is -0.389 e. The lowest BCUT2D eigenvalue weighted by atomic mass is 10.2. The van der Waals surface area contributed by atoms with E-state index in [2.05, 4.69) is 6.58 Å². The summed E-state index contributed by atoms with van der Waals surface area (Å²) in [6.07, 6.45) is 0.240. The molecule has 0 aliphatic rings. The van der Waals surface area contributed by atoms with E-state index < -0.39 is 12.1 Å². The minimum atomic E-state index is -2.68. The zero-order valence-corrected chi connectivity index (χ0v) is 5.56. The molecule has 0 rings (SSSR count). The van der Waals surface area contributed by atoms with Crippen molar-refractivity contribution in [3.05, 3.63) is 12.7 Å². The Labute approximate surface area is 59.1 Å². The molecule has 4 heteroatoms. The van der Waals surface area contributed by atoms with E-state index in [1.165, 1.54) is 6.08 Å². The van der Waals surface area contributed by atoms with E-state index in [0.717, 1.165) is 0 Å². The van der Waals surface area contributed by atoms with Gasteiger partial charge >= 0.3 is 0 Å². The highest BCUT2D eigenvalue weighted by atomic mass is 16.7. The summed E-state index contributed by atoms with van der Waals surface area (Å²) in [6.45, 7) is 3.27. The molecule has 1 unspecified atom stereocenters. The standard InChI is InChI=1S/C6H12O4/c1-2-5(7)3-4-6(8,9)10/h2,5,7-10H,1,3-4H2. The van der Waals surface area contributed by atoms with Crippen LogP contribution in [0, 0.1) is 0 Å². The Kier molecular flexibility index (Phi) is 3.52.